The summed E-state index contributed by atoms with van der Waals surface area (Å²) >= 11 is 0. The molecule has 6 atom stereocenters. The first kappa shape index (κ1) is 35.0. The molecule has 0 saturated heterocycles. The molecule has 0 aromatic heterocycles. The molecule has 1 aromatic carbocycles. The van der Waals surface area contributed by atoms with Crippen LogP contribution in [-0.4, -0.2) is 39.8 Å². The average molecular weight is 581 g/mol. The lowest BCUT2D eigenvalue weighted by Gasteiger charge is -2.39. The molecule has 3 rings (SSSR count). The van der Waals surface area contributed by atoms with Crippen LogP contribution >= 0.6 is 0 Å². The molecule has 2 aliphatic rings. The van der Waals surface area contributed by atoms with Gasteiger partial charge in [-0.15, -0.1) is 0 Å². The van der Waals surface area contributed by atoms with Crippen molar-refractivity contribution in [1.82, 2.24) is 5.32 Å². The number of Topliss-reactive ketones (excluding diaryl/α,β-unsaturated/α-hetero) is 2. The number of hydrogen-bond donors (Lipinski definition) is 4. The van der Waals surface area contributed by atoms with Gasteiger partial charge in [-0.25, -0.2) is 0 Å². The second-order valence-electron chi connectivity index (χ2n) is 13.7. The quantitative estimate of drug-likeness (QED) is 0.199. The third kappa shape index (κ3) is 9.97. The molecule has 42 heavy (non-hydrogen) atoms. The van der Waals surface area contributed by atoms with E-state index >= 15 is 0 Å². The fraction of sp³-hybridized carbons (Fsp3) is 0.571. The van der Waals surface area contributed by atoms with Crippen LogP contribution in [0.4, 0.5) is 0 Å². The van der Waals surface area contributed by atoms with Gasteiger partial charge in [-0.05, 0) is 67.6 Å². The summed E-state index contributed by atoms with van der Waals surface area (Å²) in [5.74, 6) is 0.636. The van der Waals surface area contributed by atoms with Crippen LogP contribution < -0.4 is 11.1 Å². The second kappa shape index (κ2) is 14.8. The van der Waals surface area contributed by atoms with E-state index in [0.29, 0.717) is 23.7 Å². The lowest BCUT2D eigenvalue weighted by Crippen LogP contribution is -2.41. The lowest BCUT2D eigenvalue weighted by molar-refractivity contribution is -0.129. The Morgan fingerprint density at radius 3 is 1.88 bits per heavy atom. The highest BCUT2D eigenvalue weighted by atomic mass is 16.3. The molecule has 0 heterocycles. The minimum atomic E-state index is -0.335. The van der Waals surface area contributed by atoms with E-state index < -0.39 is 0 Å². The number of carbonyl (C=O) groups is 3. The van der Waals surface area contributed by atoms with Gasteiger partial charge >= 0.3 is 0 Å². The lowest BCUT2D eigenvalue weighted by atomic mass is 9.64. The molecular formula is C35H52N2O5. The number of allylic oxidation sites excluding steroid dienone is 4. The monoisotopic (exact) mass is 580 g/mol. The minimum Gasteiger partial charge on any atom is -0.508 e. The van der Waals surface area contributed by atoms with Gasteiger partial charge < -0.3 is 21.3 Å². The number of hydrogen-bond acceptors (Lipinski definition) is 6. The Balaban J connectivity index is 0.000000347. The van der Waals surface area contributed by atoms with Gasteiger partial charge in [0.15, 0.2) is 0 Å². The number of aromatic hydroxyl groups is 2. The standard InChI is InChI=1S/C22H29NO4.C13H23NO/c1-14-6-5-11-22(3,4)21(14)19(26)12-15(2)23-20(27)10-8-16-7-9-17(24)13-18(16)25;1-9-6-5-7-13(3,4)12(9)11(15)8-10(2)14/h5-10,13-15,21,24-25H,11-12H2,1-4H3,(H,23,27);5-6,9-10,12H,7-8,14H2,1-4H3/b10-8+;. The van der Waals surface area contributed by atoms with E-state index in [1.54, 1.807) is 0 Å². The number of rotatable bonds is 9. The van der Waals surface area contributed by atoms with Crippen LogP contribution in [0.3, 0.4) is 0 Å². The highest BCUT2D eigenvalue weighted by Gasteiger charge is 2.40. The number of nitrogens with two attached hydrogens (primary N) is 1. The molecule has 0 aliphatic heterocycles. The first-order chi connectivity index (χ1) is 19.4. The predicted octanol–water partition coefficient (Wildman–Crippen LogP) is 6.34. The van der Waals surface area contributed by atoms with Crippen molar-refractivity contribution in [1.29, 1.82) is 0 Å². The van der Waals surface area contributed by atoms with Gasteiger partial charge in [-0.2, -0.15) is 0 Å². The molecule has 7 nitrogen and oxygen atoms in total. The van der Waals surface area contributed by atoms with E-state index in [0.717, 1.165) is 12.8 Å². The molecule has 1 amide bonds. The summed E-state index contributed by atoms with van der Waals surface area (Å²) in [5, 5.41) is 21.8. The maximum atomic E-state index is 12.8. The first-order valence-electron chi connectivity index (χ1n) is 15.1. The van der Waals surface area contributed by atoms with E-state index in [1.807, 2.05) is 13.8 Å². The fourth-order valence-corrected chi connectivity index (χ4v) is 6.58. The molecule has 0 fully saturated rings. The number of amides is 1. The Bertz CT molecular complexity index is 1190. The Labute approximate surface area is 252 Å². The van der Waals surface area contributed by atoms with Crippen LogP contribution in [0.2, 0.25) is 0 Å². The fourth-order valence-electron chi connectivity index (χ4n) is 6.58. The molecule has 5 N–H and O–H groups in total. The van der Waals surface area contributed by atoms with Crippen molar-refractivity contribution in [2.24, 2.45) is 40.2 Å². The van der Waals surface area contributed by atoms with Crippen molar-refractivity contribution in [2.75, 3.05) is 0 Å². The van der Waals surface area contributed by atoms with Gasteiger partial charge in [0.2, 0.25) is 5.91 Å². The maximum absolute atomic E-state index is 12.8. The summed E-state index contributed by atoms with van der Waals surface area (Å²) in [6, 6.07) is 3.85. The SMILES string of the molecule is CC(CC(=O)C1C(C)C=CCC1(C)C)NC(=O)/C=C/c1ccc(O)cc1O.CC(N)CC(=O)C1C(C)C=CCC1(C)C. The van der Waals surface area contributed by atoms with Gasteiger partial charge in [0.05, 0.1) is 0 Å². The summed E-state index contributed by atoms with van der Waals surface area (Å²) in [6.07, 6.45) is 14.0. The number of benzene rings is 1. The van der Waals surface area contributed by atoms with Crippen molar-refractivity contribution >= 4 is 23.5 Å². The molecule has 6 unspecified atom stereocenters. The van der Waals surface area contributed by atoms with Crippen molar-refractivity contribution < 1.29 is 24.6 Å². The summed E-state index contributed by atoms with van der Waals surface area (Å²) in [4.78, 5) is 37.0. The number of ketones is 2. The third-order valence-electron chi connectivity index (χ3n) is 8.44. The smallest absolute Gasteiger partial charge is 0.244 e. The second-order valence-corrected chi connectivity index (χ2v) is 13.7. The number of phenols is 2. The van der Waals surface area contributed by atoms with Crippen molar-refractivity contribution in [3.8, 4) is 11.5 Å². The first-order valence-corrected chi connectivity index (χ1v) is 15.1. The summed E-state index contributed by atoms with van der Waals surface area (Å²) in [6.45, 7) is 16.5. The Morgan fingerprint density at radius 1 is 0.929 bits per heavy atom. The van der Waals surface area contributed by atoms with Crippen LogP contribution in [0.5, 0.6) is 11.5 Å². The van der Waals surface area contributed by atoms with Crippen LogP contribution in [0.15, 0.2) is 48.6 Å². The number of nitrogens with one attached hydrogen (secondary N) is 1. The highest BCUT2D eigenvalue weighted by molar-refractivity contribution is 5.93. The Morgan fingerprint density at radius 2 is 1.43 bits per heavy atom. The molecular weight excluding hydrogens is 528 g/mol. The molecule has 2 aliphatic carbocycles. The third-order valence-corrected chi connectivity index (χ3v) is 8.44. The highest BCUT2D eigenvalue weighted by Crippen LogP contribution is 2.42. The molecule has 0 radical (unpaired) electrons. The van der Waals surface area contributed by atoms with E-state index in [4.69, 9.17) is 5.73 Å². The molecule has 1 aromatic rings. The van der Waals surface area contributed by atoms with E-state index in [9.17, 15) is 24.6 Å². The zero-order chi connectivity index (χ0) is 31.8. The largest absolute Gasteiger partial charge is 0.508 e. The van der Waals surface area contributed by atoms with Crippen LogP contribution in [-0.2, 0) is 14.4 Å². The molecule has 7 heteroatoms. The summed E-state index contributed by atoms with van der Waals surface area (Å²) < 4.78 is 0. The maximum Gasteiger partial charge on any atom is 0.244 e. The summed E-state index contributed by atoms with van der Waals surface area (Å²) in [5.41, 5.74) is 6.13. The number of phenolic OH excluding ortho intramolecular Hbond substituents is 2. The predicted molar refractivity (Wildman–Crippen MR) is 170 cm³/mol. The molecule has 232 valence electrons. The summed E-state index contributed by atoms with van der Waals surface area (Å²) in [7, 11) is 0. The van der Waals surface area contributed by atoms with Crippen molar-refractivity contribution in [3.63, 3.8) is 0 Å². The van der Waals surface area contributed by atoms with Crippen molar-refractivity contribution in [2.45, 2.75) is 93.2 Å². The zero-order valence-electron chi connectivity index (χ0n) is 26.7. The van der Waals surface area contributed by atoms with E-state index in [-0.39, 0.29) is 70.3 Å². The van der Waals surface area contributed by atoms with Crippen LogP contribution in [0, 0.1) is 34.5 Å². The van der Waals surface area contributed by atoms with Crippen LogP contribution in [0.1, 0.15) is 86.6 Å². The van der Waals surface area contributed by atoms with Crippen LogP contribution in [0.25, 0.3) is 6.08 Å². The van der Waals surface area contributed by atoms with E-state index in [1.165, 1.54) is 30.4 Å². The normalized spacial score (nSPS) is 25.6. The zero-order valence-corrected chi connectivity index (χ0v) is 26.7. The average Bonchev–Trinajstić information content (AvgIpc) is 2.82. The van der Waals surface area contributed by atoms with Gasteiger partial charge in [-0.1, -0.05) is 65.8 Å². The Kier molecular flexibility index (Phi) is 12.3. The number of carbonyl (C=O) groups excluding carboxylic acids is 3. The van der Waals surface area contributed by atoms with Gasteiger partial charge in [0.25, 0.3) is 0 Å². The molecule has 0 bridgehead atoms. The molecule has 0 spiro atoms. The van der Waals surface area contributed by atoms with Crippen molar-refractivity contribution in [3.05, 3.63) is 54.1 Å². The Hall–Kier alpha value is -3.19. The van der Waals surface area contributed by atoms with Gasteiger partial charge in [-0.3, -0.25) is 14.4 Å². The minimum absolute atomic E-state index is 0.0218. The van der Waals surface area contributed by atoms with Gasteiger partial charge in [0, 0.05) is 54.5 Å². The topological polar surface area (TPSA) is 130 Å². The molecule has 0 saturated carbocycles. The van der Waals surface area contributed by atoms with E-state index in [2.05, 4.69) is 71.2 Å². The van der Waals surface area contributed by atoms with Gasteiger partial charge in [0.1, 0.15) is 23.1 Å².